The van der Waals surface area contributed by atoms with Gasteiger partial charge in [0.15, 0.2) is 0 Å². The summed E-state index contributed by atoms with van der Waals surface area (Å²) < 4.78 is 6.60. The fraction of sp³-hybridized carbons (Fsp3) is 0.667. The van der Waals surface area contributed by atoms with Crippen LogP contribution in [0.25, 0.3) is 0 Å². The van der Waals surface area contributed by atoms with Crippen LogP contribution in [-0.4, -0.2) is 52.5 Å². The van der Waals surface area contributed by atoms with Gasteiger partial charge in [0.05, 0.1) is 17.9 Å². The molecule has 1 spiro atoms. The molecule has 3 aliphatic heterocycles. The number of carbonyl (C=O) groups excluding carboxylic acids is 3. The van der Waals surface area contributed by atoms with Crippen LogP contribution in [0.5, 0.6) is 0 Å². The lowest BCUT2D eigenvalue weighted by atomic mass is 9.73. The predicted molar refractivity (Wildman–Crippen MR) is 159 cm³/mol. The highest BCUT2D eigenvalue weighted by Crippen LogP contribution is 2.57. The van der Waals surface area contributed by atoms with Crippen molar-refractivity contribution >= 4 is 35.0 Å². The van der Waals surface area contributed by atoms with Crippen LogP contribution in [0.4, 0.5) is 5.69 Å². The molecule has 5 aliphatic rings. The Balaban J connectivity index is 1.34. The van der Waals surface area contributed by atoms with Gasteiger partial charge in [0.25, 0.3) is 0 Å². The van der Waals surface area contributed by atoms with E-state index >= 15 is 0 Å². The number of halogens is 1. The second-order valence-electron chi connectivity index (χ2n) is 13.6. The summed E-state index contributed by atoms with van der Waals surface area (Å²) in [5.41, 5.74) is 0.351. The molecule has 3 heterocycles. The van der Waals surface area contributed by atoms with Gasteiger partial charge in [0, 0.05) is 22.8 Å². The van der Waals surface area contributed by atoms with Crippen molar-refractivity contribution < 1.29 is 19.1 Å². The average Bonchev–Trinajstić information content (AvgIpc) is 3.58. The second kappa shape index (κ2) is 10.7. The van der Waals surface area contributed by atoms with Gasteiger partial charge in [-0.1, -0.05) is 83.2 Å². The highest BCUT2D eigenvalue weighted by Gasteiger charge is 2.73. The quantitative estimate of drug-likeness (QED) is 0.449. The number of nitrogens with one attached hydrogen (secondary N) is 2. The molecule has 7 nitrogen and oxygen atoms in total. The summed E-state index contributed by atoms with van der Waals surface area (Å²) in [6.45, 7) is 10.8. The molecule has 3 amide bonds. The van der Waals surface area contributed by atoms with Crippen LogP contribution in [0.15, 0.2) is 30.4 Å². The summed E-state index contributed by atoms with van der Waals surface area (Å²) >= 11 is 6.32. The minimum atomic E-state index is -1.15. The first kappa shape index (κ1) is 28.7. The summed E-state index contributed by atoms with van der Waals surface area (Å²) in [6, 6.07) is 4.60. The molecule has 1 aromatic rings. The van der Waals surface area contributed by atoms with E-state index in [1.807, 2.05) is 36.1 Å². The average molecular weight is 582 g/mol. The SMILES string of the molecule is Cc1ccc(NC(=O)[C@@H]2[C@@H]3C=C[C@]4(O3)[C@@H]2C(=O)N([C@@H]2CCC[C@H](C)[C@@H]2C)[C@H]4C(=O)N[C@@H]2CCC[C@H](C)[C@@H]2C)cc1Cl. The van der Waals surface area contributed by atoms with Gasteiger partial charge < -0.3 is 20.3 Å². The number of fused-ring (bicyclic) bond motifs is 1. The van der Waals surface area contributed by atoms with Crippen LogP contribution in [0.3, 0.4) is 0 Å². The molecular weight excluding hydrogens is 538 g/mol. The Morgan fingerprint density at radius 2 is 1.71 bits per heavy atom. The first-order chi connectivity index (χ1) is 19.5. The number of ether oxygens (including phenoxy) is 1. The van der Waals surface area contributed by atoms with Crippen molar-refractivity contribution in [2.45, 2.75) is 103 Å². The number of benzene rings is 1. The highest BCUT2D eigenvalue weighted by molar-refractivity contribution is 6.31. The first-order valence-corrected chi connectivity index (χ1v) is 16.0. The summed E-state index contributed by atoms with van der Waals surface area (Å²) in [5.74, 6) is -0.447. The van der Waals surface area contributed by atoms with E-state index in [2.05, 4.69) is 38.3 Å². The summed E-state index contributed by atoms with van der Waals surface area (Å²) in [5, 5.41) is 6.93. The maximum absolute atomic E-state index is 14.5. The van der Waals surface area contributed by atoms with Crippen molar-refractivity contribution in [3.05, 3.63) is 40.9 Å². The Bertz CT molecular complexity index is 1270. The minimum absolute atomic E-state index is 0.0642. The van der Waals surface area contributed by atoms with Gasteiger partial charge in [-0.2, -0.15) is 0 Å². The first-order valence-electron chi connectivity index (χ1n) is 15.6. The monoisotopic (exact) mass is 581 g/mol. The Morgan fingerprint density at radius 1 is 1.00 bits per heavy atom. The van der Waals surface area contributed by atoms with E-state index in [1.54, 1.807) is 6.07 Å². The van der Waals surface area contributed by atoms with E-state index < -0.39 is 29.6 Å². The second-order valence-corrected chi connectivity index (χ2v) is 14.0. The van der Waals surface area contributed by atoms with Gasteiger partial charge in [0.2, 0.25) is 17.7 Å². The number of carbonyl (C=O) groups is 3. The summed E-state index contributed by atoms with van der Waals surface area (Å²) in [4.78, 5) is 44.6. The molecule has 0 unspecified atom stereocenters. The highest BCUT2D eigenvalue weighted by atomic mass is 35.5. The van der Waals surface area contributed by atoms with Crippen molar-refractivity contribution in [3.8, 4) is 0 Å². The smallest absolute Gasteiger partial charge is 0.246 e. The van der Waals surface area contributed by atoms with E-state index in [0.29, 0.717) is 28.5 Å². The van der Waals surface area contributed by atoms with Crippen LogP contribution >= 0.6 is 11.6 Å². The lowest BCUT2D eigenvalue weighted by Gasteiger charge is -2.44. The molecule has 2 N–H and O–H groups in total. The number of likely N-dealkylation sites (tertiary alicyclic amines) is 1. The third-order valence-corrected chi connectivity index (χ3v) is 11.8. The third kappa shape index (κ3) is 4.62. The van der Waals surface area contributed by atoms with Crippen LogP contribution in [0.2, 0.25) is 5.02 Å². The van der Waals surface area contributed by atoms with Gasteiger partial charge in [-0.3, -0.25) is 14.4 Å². The Kier molecular flexibility index (Phi) is 7.51. The fourth-order valence-corrected chi connectivity index (χ4v) is 8.63. The van der Waals surface area contributed by atoms with E-state index in [0.717, 1.165) is 37.7 Å². The number of aryl methyl sites for hydroxylation is 1. The zero-order valence-electron chi connectivity index (χ0n) is 24.9. The molecule has 2 saturated heterocycles. The topological polar surface area (TPSA) is 87.7 Å². The molecule has 4 fully saturated rings. The molecule has 1 aromatic carbocycles. The van der Waals surface area contributed by atoms with Crippen molar-refractivity contribution in [1.29, 1.82) is 0 Å². The van der Waals surface area contributed by atoms with E-state index in [4.69, 9.17) is 16.3 Å². The lowest BCUT2D eigenvalue weighted by molar-refractivity contribution is -0.146. The van der Waals surface area contributed by atoms with Crippen molar-refractivity contribution in [1.82, 2.24) is 10.2 Å². The molecule has 0 radical (unpaired) electrons. The van der Waals surface area contributed by atoms with Crippen LogP contribution in [-0.2, 0) is 19.1 Å². The number of hydrogen-bond acceptors (Lipinski definition) is 4. The third-order valence-electron chi connectivity index (χ3n) is 11.4. The maximum atomic E-state index is 14.5. The molecule has 8 heteroatoms. The Hall–Kier alpha value is -2.38. The Labute approximate surface area is 248 Å². The molecule has 41 heavy (non-hydrogen) atoms. The van der Waals surface area contributed by atoms with Gasteiger partial charge >= 0.3 is 0 Å². The standard InChI is InChI=1S/C33H44ClN3O4/c1-17-8-6-10-24(20(17)4)36-31(39)29-33-15-14-26(41-33)27(30(38)35-22-13-12-19(3)23(34)16-22)28(33)32(40)37(29)25-11-7-9-18(2)21(25)5/h12-18,20-21,24-29H,6-11H2,1-5H3,(H,35,38)(H,36,39)/t17-,18-,20-,21-,24+,25+,26-,27+,28-,29-,33-/m0/s1. The number of anilines is 1. The van der Waals surface area contributed by atoms with Crippen LogP contribution < -0.4 is 10.6 Å². The number of rotatable bonds is 5. The zero-order valence-corrected chi connectivity index (χ0v) is 25.6. The van der Waals surface area contributed by atoms with E-state index in [9.17, 15) is 14.4 Å². The molecule has 2 bridgehead atoms. The molecule has 222 valence electrons. The van der Waals surface area contributed by atoms with Gasteiger partial charge in [0.1, 0.15) is 11.6 Å². The van der Waals surface area contributed by atoms with Crippen LogP contribution in [0, 0.1) is 42.4 Å². The van der Waals surface area contributed by atoms with Gasteiger partial charge in [-0.25, -0.2) is 0 Å². The molecule has 11 atom stereocenters. The summed E-state index contributed by atoms with van der Waals surface area (Å²) in [6.07, 6.45) is 9.42. The lowest BCUT2D eigenvalue weighted by Crippen LogP contribution is -2.61. The summed E-state index contributed by atoms with van der Waals surface area (Å²) in [7, 11) is 0. The minimum Gasteiger partial charge on any atom is -0.359 e. The van der Waals surface area contributed by atoms with Crippen molar-refractivity contribution in [3.63, 3.8) is 0 Å². The maximum Gasteiger partial charge on any atom is 0.246 e. The molecule has 2 aliphatic carbocycles. The predicted octanol–water partition coefficient (Wildman–Crippen LogP) is 5.50. The number of amides is 3. The van der Waals surface area contributed by atoms with Gasteiger partial charge in [-0.15, -0.1) is 0 Å². The molecule has 6 rings (SSSR count). The number of nitrogens with zero attached hydrogens (tertiary/aromatic N) is 1. The molecular formula is C33H44ClN3O4. The zero-order chi connectivity index (χ0) is 29.2. The van der Waals surface area contributed by atoms with Crippen molar-refractivity contribution in [2.24, 2.45) is 35.5 Å². The fourth-order valence-electron chi connectivity index (χ4n) is 8.45. The van der Waals surface area contributed by atoms with Gasteiger partial charge in [-0.05, 0) is 61.1 Å². The molecule has 0 aromatic heterocycles. The van der Waals surface area contributed by atoms with Crippen LogP contribution in [0.1, 0.15) is 71.8 Å². The van der Waals surface area contributed by atoms with E-state index in [-0.39, 0.29) is 35.7 Å². The Morgan fingerprint density at radius 3 is 2.44 bits per heavy atom. The normalized spacial score (nSPS) is 41.4. The van der Waals surface area contributed by atoms with E-state index in [1.165, 1.54) is 6.42 Å². The molecule has 2 saturated carbocycles. The van der Waals surface area contributed by atoms with Crippen molar-refractivity contribution in [2.75, 3.05) is 5.32 Å². The largest absolute Gasteiger partial charge is 0.359 e. The number of hydrogen-bond donors (Lipinski definition) is 2.